The van der Waals surface area contributed by atoms with Crippen molar-refractivity contribution in [2.45, 2.75) is 19.8 Å². The summed E-state index contributed by atoms with van der Waals surface area (Å²) in [5, 5.41) is 8.42. The molecule has 15 heavy (non-hydrogen) atoms. The predicted molar refractivity (Wildman–Crippen MR) is 65.3 cm³/mol. The molecule has 4 heteroatoms. The first-order valence-corrected chi connectivity index (χ1v) is 6.06. The zero-order chi connectivity index (χ0) is 11.1. The molecule has 0 saturated heterocycles. The fraction of sp³-hybridized carbons (Fsp3) is 0.455. The van der Waals surface area contributed by atoms with Gasteiger partial charge in [-0.3, -0.25) is 0 Å². The van der Waals surface area contributed by atoms with E-state index in [1.54, 1.807) is 13.1 Å². The zero-order valence-corrected chi connectivity index (χ0v) is 10.4. The highest BCUT2D eigenvalue weighted by molar-refractivity contribution is 9.09. The van der Waals surface area contributed by atoms with Crippen molar-refractivity contribution in [1.82, 2.24) is 4.98 Å². The maximum absolute atomic E-state index is 7.41. The molecule has 0 saturated carbocycles. The standard InChI is InChI=1S/C11H15BrN2O/c1-9(13)10-4-5-11(14-8-10)15-7-3-2-6-12/h4-5,8,13H,2-3,6-7H2,1H3. The van der Waals surface area contributed by atoms with E-state index in [0.29, 0.717) is 18.2 Å². The second kappa shape index (κ2) is 6.56. The molecule has 0 fully saturated rings. The minimum Gasteiger partial charge on any atom is -0.478 e. The Hall–Kier alpha value is -0.900. The lowest BCUT2D eigenvalue weighted by molar-refractivity contribution is 0.298. The molecule has 0 amide bonds. The van der Waals surface area contributed by atoms with E-state index in [2.05, 4.69) is 20.9 Å². The van der Waals surface area contributed by atoms with E-state index in [0.717, 1.165) is 23.7 Å². The number of aromatic nitrogens is 1. The Morgan fingerprint density at radius 1 is 1.47 bits per heavy atom. The number of nitrogens with one attached hydrogen (secondary N) is 1. The minimum atomic E-state index is 0.522. The minimum absolute atomic E-state index is 0.522. The monoisotopic (exact) mass is 270 g/mol. The summed E-state index contributed by atoms with van der Waals surface area (Å²) < 4.78 is 5.44. The van der Waals surface area contributed by atoms with Crippen LogP contribution in [-0.2, 0) is 0 Å². The molecule has 3 nitrogen and oxygen atoms in total. The summed E-state index contributed by atoms with van der Waals surface area (Å²) in [6, 6.07) is 3.66. The Bertz CT molecular complexity index is 311. The number of nitrogens with zero attached hydrogens (tertiary/aromatic N) is 1. The summed E-state index contributed by atoms with van der Waals surface area (Å²) >= 11 is 3.37. The molecule has 82 valence electrons. The Kier molecular flexibility index (Phi) is 5.32. The van der Waals surface area contributed by atoms with Crippen molar-refractivity contribution in [3.63, 3.8) is 0 Å². The van der Waals surface area contributed by atoms with Crippen LogP contribution in [-0.4, -0.2) is 22.6 Å². The van der Waals surface area contributed by atoms with Crippen LogP contribution in [0.15, 0.2) is 18.3 Å². The molecule has 0 radical (unpaired) electrons. The van der Waals surface area contributed by atoms with Crippen LogP contribution in [0, 0.1) is 5.41 Å². The van der Waals surface area contributed by atoms with Gasteiger partial charge >= 0.3 is 0 Å². The first kappa shape index (κ1) is 12.2. The van der Waals surface area contributed by atoms with Crippen LogP contribution in [0.4, 0.5) is 0 Å². The van der Waals surface area contributed by atoms with Crippen molar-refractivity contribution in [1.29, 1.82) is 5.41 Å². The van der Waals surface area contributed by atoms with E-state index in [4.69, 9.17) is 10.1 Å². The van der Waals surface area contributed by atoms with Gasteiger partial charge in [-0.2, -0.15) is 0 Å². The average Bonchev–Trinajstić information content (AvgIpc) is 2.25. The van der Waals surface area contributed by atoms with E-state index in [9.17, 15) is 0 Å². The fourth-order valence-electron chi connectivity index (χ4n) is 1.06. The lowest BCUT2D eigenvalue weighted by Crippen LogP contribution is -2.00. The molecular weight excluding hydrogens is 256 g/mol. The third-order valence-corrected chi connectivity index (χ3v) is 2.51. The van der Waals surface area contributed by atoms with Crippen molar-refractivity contribution in [2.24, 2.45) is 0 Å². The maximum atomic E-state index is 7.41. The molecule has 1 aromatic heterocycles. The third kappa shape index (κ3) is 4.42. The Balaban J connectivity index is 2.39. The molecule has 0 aliphatic carbocycles. The van der Waals surface area contributed by atoms with Crippen LogP contribution in [0.2, 0.25) is 0 Å². The van der Waals surface area contributed by atoms with E-state index in [1.165, 1.54) is 0 Å². The van der Waals surface area contributed by atoms with Crippen molar-refractivity contribution in [2.75, 3.05) is 11.9 Å². The lowest BCUT2D eigenvalue weighted by Gasteiger charge is -2.04. The Morgan fingerprint density at radius 3 is 2.80 bits per heavy atom. The van der Waals surface area contributed by atoms with Crippen molar-refractivity contribution in [3.05, 3.63) is 23.9 Å². The van der Waals surface area contributed by atoms with Crippen LogP contribution in [0.3, 0.4) is 0 Å². The molecule has 0 aliphatic rings. The molecule has 0 unspecified atom stereocenters. The first-order valence-electron chi connectivity index (χ1n) is 4.94. The van der Waals surface area contributed by atoms with Crippen molar-refractivity contribution < 1.29 is 4.74 Å². The van der Waals surface area contributed by atoms with Gasteiger partial charge in [0, 0.05) is 28.9 Å². The summed E-state index contributed by atoms with van der Waals surface area (Å²) in [5.41, 5.74) is 1.36. The first-order chi connectivity index (χ1) is 7.24. The highest BCUT2D eigenvalue weighted by Gasteiger charge is 1.98. The highest BCUT2D eigenvalue weighted by Crippen LogP contribution is 2.08. The number of ether oxygens (including phenoxy) is 1. The van der Waals surface area contributed by atoms with E-state index in [-0.39, 0.29) is 0 Å². The zero-order valence-electron chi connectivity index (χ0n) is 8.79. The van der Waals surface area contributed by atoms with Gasteiger partial charge < -0.3 is 10.1 Å². The summed E-state index contributed by atoms with van der Waals surface area (Å²) in [4.78, 5) is 4.12. The van der Waals surface area contributed by atoms with Gasteiger partial charge in [0.1, 0.15) is 0 Å². The van der Waals surface area contributed by atoms with Crippen LogP contribution >= 0.6 is 15.9 Å². The largest absolute Gasteiger partial charge is 0.478 e. The molecule has 1 N–H and O–H groups in total. The van der Waals surface area contributed by atoms with Gasteiger partial charge in [-0.1, -0.05) is 15.9 Å². The van der Waals surface area contributed by atoms with Gasteiger partial charge in [0.2, 0.25) is 5.88 Å². The smallest absolute Gasteiger partial charge is 0.213 e. The molecule has 0 bridgehead atoms. The number of halogens is 1. The number of unbranched alkanes of at least 4 members (excludes halogenated alkanes) is 1. The average molecular weight is 271 g/mol. The maximum Gasteiger partial charge on any atom is 0.213 e. The topological polar surface area (TPSA) is 46.0 Å². The molecule has 0 aromatic carbocycles. The second-order valence-electron chi connectivity index (χ2n) is 3.25. The van der Waals surface area contributed by atoms with Crippen LogP contribution < -0.4 is 4.74 Å². The number of pyridine rings is 1. The van der Waals surface area contributed by atoms with Gasteiger partial charge in [0.25, 0.3) is 0 Å². The molecule has 0 aliphatic heterocycles. The highest BCUT2D eigenvalue weighted by atomic mass is 79.9. The SMILES string of the molecule is CC(=N)c1ccc(OCCCCBr)nc1. The molecule has 1 rings (SSSR count). The normalized spacial score (nSPS) is 10.0. The third-order valence-electron chi connectivity index (χ3n) is 1.95. The fourth-order valence-corrected chi connectivity index (χ4v) is 1.46. The Labute approximate surface area is 98.5 Å². The van der Waals surface area contributed by atoms with Crippen LogP contribution in [0.5, 0.6) is 5.88 Å². The number of alkyl halides is 1. The van der Waals surface area contributed by atoms with Gasteiger partial charge in [-0.25, -0.2) is 4.98 Å². The van der Waals surface area contributed by atoms with Gasteiger partial charge in [0.05, 0.1) is 6.61 Å². The van der Waals surface area contributed by atoms with Gasteiger partial charge in [-0.15, -0.1) is 0 Å². The van der Waals surface area contributed by atoms with E-state index >= 15 is 0 Å². The molecule has 0 spiro atoms. The van der Waals surface area contributed by atoms with E-state index in [1.807, 2.05) is 12.1 Å². The molecule has 1 aromatic rings. The van der Waals surface area contributed by atoms with Crippen LogP contribution in [0.1, 0.15) is 25.3 Å². The number of hydrogen-bond acceptors (Lipinski definition) is 3. The number of rotatable bonds is 6. The van der Waals surface area contributed by atoms with E-state index < -0.39 is 0 Å². The summed E-state index contributed by atoms with van der Waals surface area (Å²) in [7, 11) is 0. The molecule has 1 heterocycles. The lowest BCUT2D eigenvalue weighted by atomic mass is 10.2. The Morgan fingerprint density at radius 2 is 2.27 bits per heavy atom. The van der Waals surface area contributed by atoms with Crippen molar-refractivity contribution in [3.8, 4) is 5.88 Å². The van der Waals surface area contributed by atoms with Crippen molar-refractivity contribution >= 4 is 21.6 Å². The predicted octanol–water partition coefficient (Wildman–Crippen LogP) is 3.02. The summed E-state index contributed by atoms with van der Waals surface area (Å²) in [6.07, 6.45) is 3.80. The molecular formula is C11H15BrN2O. The molecule has 0 atom stereocenters. The van der Waals surface area contributed by atoms with Crippen LogP contribution in [0.25, 0.3) is 0 Å². The quantitative estimate of drug-likeness (QED) is 0.491. The second-order valence-corrected chi connectivity index (χ2v) is 4.05. The summed E-state index contributed by atoms with van der Waals surface area (Å²) in [6.45, 7) is 2.44. The summed E-state index contributed by atoms with van der Waals surface area (Å²) in [5.74, 6) is 0.634. The van der Waals surface area contributed by atoms with Gasteiger partial charge in [0.15, 0.2) is 0 Å². The number of hydrogen-bond donors (Lipinski definition) is 1. The van der Waals surface area contributed by atoms with Gasteiger partial charge in [-0.05, 0) is 25.8 Å².